The molecule has 1 unspecified atom stereocenters. The van der Waals surface area contributed by atoms with Crippen LogP contribution in [0.25, 0.3) is 0 Å². The van der Waals surface area contributed by atoms with Gasteiger partial charge in [0.25, 0.3) is 0 Å². The number of carbonyl (C=O) groups is 1. The molecular formula is C18H34O3. The highest BCUT2D eigenvalue weighted by molar-refractivity contribution is 5.66. The smallest absolute Gasteiger partial charge is 0.303 e. The maximum Gasteiger partial charge on any atom is 0.303 e. The van der Waals surface area contributed by atoms with Crippen molar-refractivity contribution in [2.24, 2.45) is 0 Å². The summed E-state index contributed by atoms with van der Waals surface area (Å²) in [5, 5.41) is 18.3. The summed E-state index contributed by atoms with van der Waals surface area (Å²) in [4.78, 5) is 10.3. The van der Waals surface area contributed by atoms with Crippen molar-refractivity contribution in [1.29, 1.82) is 0 Å². The SMILES string of the molecule is CCCCCCC(O)C/C=C\CCCCCCCC(=O)O. The van der Waals surface area contributed by atoms with E-state index in [0.717, 1.165) is 51.4 Å². The summed E-state index contributed by atoms with van der Waals surface area (Å²) in [5.74, 6) is -0.689. The second-order valence-electron chi connectivity index (χ2n) is 5.91. The molecule has 0 amide bonds. The highest BCUT2D eigenvalue weighted by Gasteiger charge is 2.00. The average Bonchev–Trinajstić information content (AvgIpc) is 2.45. The predicted octanol–water partition coefficient (Wildman–Crippen LogP) is 5.08. The number of hydrogen-bond acceptors (Lipinski definition) is 2. The summed E-state index contributed by atoms with van der Waals surface area (Å²) in [7, 11) is 0. The number of allylic oxidation sites excluding steroid dienone is 1. The normalized spacial score (nSPS) is 12.9. The second kappa shape index (κ2) is 15.6. The van der Waals surface area contributed by atoms with Crippen molar-refractivity contribution >= 4 is 5.97 Å². The summed E-state index contributed by atoms with van der Waals surface area (Å²) in [6.45, 7) is 2.20. The van der Waals surface area contributed by atoms with E-state index in [2.05, 4.69) is 19.1 Å². The summed E-state index contributed by atoms with van der Waals surface area (Å²) in [6, 6.07) is 0. The van der Waals surface area contributed by atoms with Gasteiger partial charge in [0.05, 0.1) is 6.10 Å². The van der Waals surface area contributed by atoms with Crippen molar-refractivity contribution in [1.82, 2.24) is 0 Å². The molecule has 0 aliphatic rings. The number of aliphatic carboxylic acids is 1. The van der Waals surface area contributed by atoms with Crippen molar-refractivity contribution in [3.8, 4) is 0 Å². The molecule has 21 heavy (non-hydrogen) atoms. The lowest BCUT2D eigenvalue weighted by atomic mass is 10.1. The number of carboxylic acid groups (broad SMARTS) is 1. The summed E-state index contributed by atoms with van der Waals surface area (Å²) >= 11 is 0. The number of unbranched alkanes of at least 4 members (excludes halogenated alkanes) is 8. The molecule has 0 heterocycles. The van der Waals surface area contributed by atoms with E-state index < -0.39 is 5.97 Å². The fraction of sp³-hybridized carbons (Fsp3) is 0.833. The first-order chi connectivity index (χ1) is 10.2. The lowest BCUT2D eigenvalue weighted by Crippen LogP contribution is -2.04. The molecule has 124 valence electrons. The van der Waals surface area contributed by atoms with Gasteiger partial charge in [-0.1, -0.05) is 64.0 Å². The van der Waals surface area contributed by atoms with Gasteiger partial charge >= 0.3 is 5.97 Å². The van der Waals surface area contributed by atoms with Crippen molar-refractivity contribution < 1.29 is 15.0 Å². The molecule has 0 saturated heterocycles. The molecule has 3 nitrogen and oxygen atoms in total. The molecular weight excluding hydrogens is 264 g/mol. The molecule has 0 aliphatic carbocycles. The fourth-order valence-corrected chi connectivity index (χ4v) is 2.36. The Morgan fingerprint density at radius 2 is 1.62 bits per heavy atom. The lowest BCUT2D eigenvalue weighted by Gasteiger charge is -2.07. The highest BCUT2D eigenvalue weighted by atomic mass is 16.4. The molecule has 0 fully saturated rings. The largest absolute Gasteiger partial charge is 0.481 e. The molecule has 3 heteroatoms. The third-order valence-corrected chi connectivity index (χ3v) is 3.73. The molecule has 0 aromatic rings. The second-order valence-corrected chi connectivity index (χ2v) is 5.91. The minimum atomic E-state index is -0.689. The van der Waals surface area contributed by atoms with Crippen LogP contribution in [0.1, 0.15) is 90.4 Å². The van der Waals surface area contributed by atoms with Crippen LogP contribution in [0.5, 0.6) is 0 Å². The van der Waals surface area contributed by atoms with Crippen molar-refractivity contribution in [3.05, 3.63) is 12.2 Å². The number of carboxylic acids is 1. The maximum atomic E-state index is 10.3. The van der Waals surface area contributed by atoms with E-state index in [1.165, 1.54) is 25.7 Å². The molecule has 0 spiro atoms. The summed E-state index contributed by atoms with van der Waals surface area (Å²) in [5.41, 5.74) is 0. The Morgan fingerprint density at radius 1 is 0.952 bits per heavy atom. The van der Waals surface area contributed by atoms with Crippen molar-refractivity contribution in [2.75, 3.05) is 0 Å². The summed E-state index contributed by atoms with van der Waals surface area (Å²) in [6.07, 6.45) is 17.4. The van der Waals surface area contributed by atoms with E-state index in [-0.39, 0.29) is 6.10 Å². The highest BCUT2D eigenvalue weighted by Crippen LogP contribution is 2.10. The van der Waals surface area contributed by atoms with Gasteiger partial charge in [-0.15, -0.1) is 0 Å². The monoisotopic (exact) mass is 298 g/mol. The minimum absolute atomic E-state index is 0.172. The van der Waals surface area contributed by atoms with E-state index >= 15 is 0 Å². The van der Waals surface area contributed by atoms with Crippen molar-refractivity contribution in [3.63, 3.8) is 0 Å². The molecule has 0 rings (SSSR count). The zero-order valence-electron chi connectivity index (χ0n) is 13.7. The Hall–Kier alpha value is -0.830. The van der Waals surface area contributed by atoms with Gasteiger partial charge < -0.3 is 10.2 Å². The average molecular weight is 298 g/mol. The van der Waals surface area contributed by atoms with Crippen LogP contribution in [0.2, 0.25) is 0 Å². The van der Waals surface area contributed by atoms with E-state index in [0.29, 0.717) is 6.42 Å². The van der Waals surface area contributed by atoms with Gasteiger partial charge in [-0.05, 0) is 32.1 Å². The minimum Gasteiger partial charge on any atom is -0.481 e. The van der Waals surface area contributed by atoms with Crippen LogP contribution >= 0.6 is 0 Å². The molecule has 0 bridgehead atoms. The third kappa shape index (κ3) is 17.1. The Kier molecular flexibility index (Phi) is 14.9. The van der Waals surface area contributed by atoms with E-state index in [1.54, 1.807) is 0 Å². The maximum absolute atomic E-state index is 10.3. The van der Waals surface area contributed by atoms with Gasteiger partial charge in [-0.3, -0.25) is 4.79 Å². The van der Waals surface area contributed by atoms with Gasteiger partial charge in [0.1, 0.15) is 0 Å². The Bertz CT molecular complexity index is 261. The van der Waals surface area contributed by atoms with Crippen LogP contribution in [0.15, 0.2) is 12.2 Å². The Labute approximate surface area is 130 Å². The first-order valence-electron chi connectivity index (χ1n) is 8.71. The lowest BCUT2D eigenvalue weighted by molar-refractivity contribution is -0.137. The van der Waals surface area contributed by atoms with Crippen LogP contribution in [-0.4, -0.2) is 22.3 Å². The van der Waals surface area contributed by atoms with E-state index in [9.17, 15) is 9.90 Å². The van der Waals surface area contributed by atoms with E-state index in [1.807, 2.05) is 0 Å². The van der Waals surface area contributed by atoms with Gasteiger partial charge in [-0.25, -0.2) is 0 Å². The van der Waals surface area contributed by atoms with Gasteiger partial charge in [0, 0.05) is 6.42 Å². The molecule has 2 N–H and O–H groups in total. The first-order valence-corrected chi connectivity index (χ1v) is 8.71. The standard InChI is InChI=1S/C18H34O3/c1-2-3-4-11-14-17(19)15-12-9-7-5-6-8-10-13-16-18(20)21/h9,12,17,19H,2-8,10-11,13-16H2,1H3,(H,20,21)/b12-9-. The van der Waals surface area contributed by atoms with E-state index in [4.69, 9.17) is 5.11 Å². The number of aliphatic hydroxyl groups excluding tert-OH is 1. The molecule has 0 aliphatic heterocycles. The molecule has 0 radical (unpaired) electrons. The molecule has 0 aromatic heterocycles. The van der Waals surface area contributed by atoms with Crippen molar-refractivity contribution in [2.45, 2.75) is 96.5 Å². The van der Waals surface area contributed by atoms with Crippen LogP contribution < -0.4 is 0 Å². The number of hydrogen-bond donors (Lipinski definition) is 2. The predicted molar refractivity (Wildman–Crippen MR) is 88.5 cm³/mol. The van der Waals surface area contributed by atoms with Gasteiger partial charge in [0.2, 0.25) is 0 Å². The topological polar surface area (TPSA) is 57.5 Å². The third-order valence-electron chi connectivity index (χ3n) is 3.73. The Balaban J connectivity index is 3.26. The number of aliphatic hydroxyl groups is 1. The quantitative estimate of drug-likeness (QED) is 0.327. The van der Waals surface area contributed by atoms with Crippen LogP contribution in [-0.2, 0) is 4.79 Å². The molecule has 1 atom stereocenters. The van der Waals surface area contributed by atoms with Crippen LogP contribution in [0.4, 0.5) is 0 Å². The molecule has 0 saturated carbocycles. The molecule has 0 aromatic carbocycles. The van der Waals surface area contributed by atoms with Crippen LogP contribution in [0, 0.1) is 0 Å². The Morgan fingerprint density at radius 3 is 2.33 bits per heavy atom. The zero-order valence-corrected chi connectivity index (χ0v) is 13.7. The summed E-state index contributed by atoms with van der Waals surface area (Å²) < 4.78 is 0. The first kappa shape index (κ1) is 20.2. The number of rotatable bonds is 15. The van der Waals surface area contributed by atoms with Crippen LogP contribution in [0.3, 0.4) is 0 Å². The van der Waals surface area contributed by atoms with Gasteiger partial charge in [-0.2, -0.15) is 0 Å². The zero-order chi connectivity index (χ0) is 15.8. The fourth-order valence-electron chi connectivity index (χ4n) is 2.36. The van der Waals surface area contributed by atoms with Gasteiger partial charge in [0.15, 0.2) is 0 Å².